The first-order valence-corrected chi connectivity index (χ1v) is 5.98. The zero-order chi connectivity index (χ0) is 15.7. The van der Waals surface area contributed by atoms with Crippen molar-refractivity contribution in [2.45, 2.75) is 13.8 Å². The van der Waals surface area contributed by atoms with E-state index in [2.05, 4.69) is 20.6 Å². The average molecular weight is 300 g/mol. The Hall–Kier alpha value is -2.38. The summed E-state index contributed by atoms with van der Waals surface area (Å²) in [6.45, 7) is 3.17. The average Bonchev–Trinajstić information content (AvgIpc) is 2.44. The van der Waals surface area contributed by atoms with Crippen LogP contribution in [0.25, 0.3) is 0 Å². The van der Waals surface area contributed by atoms with Gasteiger partial charge in [0.25, 0.3) is 0 Å². The first-order valence-electron chi connectivity index (χ1n) is 5.98. The fraction of sp³-hybridized carbons (Fsp3) is 0.231. The largest absolute Gasteiger partial charge is 0.373 e. The molecule has 0 spiro atoms. The van der Waals surface area contributed by atoms with Crippen molar-refractivity contribution in [2.24, 2.45) is 0 Å². The number of benzene rings is 1. The maximum absolute atomic E-state index is 13.6. The quantitative estimate of drug-likeness (QED) is 0.673. The SMILES string of the molecule is CNc1nc(C)nc(Nc2c(F)c(F)cc(F)c2F)c1C. The van der Waals surface area contributed by atoms with Crippen molar-refractivity contribution in [1.29, 1.82) is 0 Å². The van der Waals surface area contributed by atoms with Gasteiger partial charge in [-0.1, -0.05) is 0 Å². The molecule has 2 aromatic rings. The van der Waals surface area contributed by atoms with Crippen LogP contribution in [-0.2, 0) is 0 Å². The van der Waals surface area contributed by atoms with Gasteiger partial charge in [-0.3, -0.25) is 0 Å². The summed E-state index contributed by atoms with van der Waals surface area (Å²) >= 11 is 0. The molecule has 0 aliphatic rings. The lowest BCUT2D eigenvalue weighted by atomic mass is 10.2. The van der Waals surface area contributed by atoms with Crippen LogP contribution >= 0.6 is 0 Å². The van der Waals surface area contributed by atoms with Gasteiger partial charge in [-0.2, -0.15) is 0 Å². The molecule has 8 heteroatoms. The molecule has 0 saturated carbocycles. The molecule has 0 atom stereocenters. The van der Waals surface area contributed by atoms with E-state index in [0.717, 1.165) is 0 Å². The van der Waals surface area contributed by atoms with Gasteiger partial charge in [0.2, 0.25) is 0 Å². The van der Waals surface area contributed by atoms with Crippen LogP contribution in [0.1, 0.15) is 11.4 Å². The minimum absolute atomic E-state index is 0.0506. The van der Waals surface area contributed by atoms with Crippen LogP contribution in [0.5, 0.6) is 0 Å². The van der Waals surface area contributed by atoms with Crippen LogP contribution in [0, 0.1) is 37.1 Å². The number of rotatable bonds is 3. The Balaban J connectivity index is 2.56. The molecule has 0 unspecified atom stereocenters. The van der Waals surface area contributed by atoms with Crippen LogP contribution in [0.3, 0.4) is 0 Å². The van der Waals surface area contributed by atoms with Crippen LogP contribution in [0.2, 0.25) is 0 Å². The van der Waals surface area contributed by atoms with Crippen LogP contribution in [-0.4, -0.2) is 17.0 Å². The molecule has 1 aromatic heterocycles. The minimum atomic E-state index is -1.52. The van der Waals surface area contributed by atoms with E-state index in [4.69, 9.17) is 0 Å². The second-order valence-electron chi connectivity index (χ2n) is 4.31. The third kappa shape index (κ3) is 2.74. The molecule has 1 aromatic carbocycles. The topological polar surface area (TPSA) is 49.8 Å². The summed E-state index contributed by atoms with van der Waals surface area (Å²) in [5, 5.41) is 5.07. The van der Waals surface area contributed by atoms with Crippen molar-refractivity contribution in [3.8, 4) is 0 Å². The molecular weight excluding hydrogens is 288 g/mol. The van der Waals surface area contributed by atoms with Gasteiger partial charge in [-0.05, 0) is 13.8 Å². The highest BCUT2D eigenvalue weighted by Crippen LogP contribution is 2.29. The number of hydrogen-bond donors (Lipinski definition) is 2. The van der Waals surface area contributed by atoms with E-state index in [1.807, 2.05) is 0 Å². The fourth-order valence-electron chi connectivity index (χ4n) is 1.79. The van der Waals surface area contributed by atoms with Gasteiger partial charge >= 0.3 is 0 Å². The second kappa shape index (κ2) is 5.55. The summed E-state index contributed by atoms with van der Waals surface area (Å²) in [5.41, 5.74) is -0.484. The smallest absolute Gasteiger partial charge is 0.185 e. The number of nitrogens with zero attached hydrogens (tertiary/aromatic N) is 2. The Kier molecular flexibility index (Phi) is 3.97. The third-order valence-electron chi connectivity index (χ3n) is 2.85. The van der Waals surface area contributed by atoms with E-state index in [0.29, 0.717) is 17.2 Å². The predicted octanol–water partition coefficient (Wildman–Crippen LogP) is 3.44. The number of aryl methyl sites for hydroxylation is 1. The molecule has 0 fully saturated rings. The molecule has 0 aliphatic carbocycles. The van der Waals surface area contributed by atoms with Crippen LogP contribution in [0.4, 0.5) is 34.9 Å². The fourth-order valence-corrected chi connectivity index (χ4v) is 1.79. The molecule has 2 N–H and O–H groups in total. The molecule has 0 amide bonds. The summed E-state index contributed by atoms with van der Waals surface area (Å²) in [6.07, 6.45) is 0. The first kappa shape index (κ1) is 15.0. The number of aromatic nitrogens is 2. The maximum Gasteiger partial charge on any atom is 0.185 e. The lowest BCUT2D eigenvalue weighted by molar-refractivity contribution is 0.459. The normalized spacial score (nSPS) is 10.6. The van der Waals surface area contributed by atoms with E-state index in [-0.39, 0.29) is 11.9 Å². The van der Waals surface area contributed by atoms with Gasteiger partial charge in [0, 0.05) is 18.7 Å². The molecule has 0 aliphatic heterocycles. The van der Waals surface area contributed by atoms with Crippen LogP contribution in [0.15, 0.2) is 6.07 Å². The number of halogens is 4. The van der Waals surface area contributed by atoms with Crippen molar-refractivity contribution >= 4 is 17.3 Å². The van der Waals surface area contributed by atoms with E-state index < -0.39 is 29.0 Å². The molecule has 21 heavy (non-hydrogen) atoms. The molecule has 1 heterocycles. The van der Waals surface area contributed by atoms with Crippen molar-refractivity contribution in [3.05, 3.63) is 40.7 Å². The maximum atomic E-state index is 13.6. The summed E-state index contributed by atoms with van der Waals surface area (Å²) < 4.78 is 53.6. The summed E-state index contributed by atoms with van der Waals surface area (Å²) in [7, 11) is 1.61. The second-order valence-corrected chi connectivity index (χ2v) is 4.31. The Morgan fingerprint density at radius 2 is 1.43 bits per heavy atom. The Morgan fingerprint density at radius 3 is 1.95 bits per heavy atom. The van der Waals surface area contributed by atoms with Crippen LogP contribution < -0.4 is 10.6 Å². The lowest BCUT2D eigenvalue weighted by Crippen LogP contribution is -2.08. The summed E-state index contributed by atoms with van der Waals surface area (Å²) in [4.78, 5) is 8.05. The third-order valence-corrected chi connectivity index (χ3v) is 2.85. The van der Waals surface area contributed by atoms with Gasteiger partial charge in [0.1, 0.15) is 23.1 Å². The van der Waals surface area contributed by atoms with Crippen molar-refractivity contribution < 1.29 is 17.6 Å². The van der Waals surface area contributed by atoms with Gasteiger partial charge < -0.3 is 10.6 Å². The van der Waals surface area contributed by atoms with Gasteiger partial charge in [-0.25, -0.2) is 27.5 Å². The predicted molar refractivity (Wildman–Crippen MR) is 70.6 cm³/mol. The Morgan fingerprint density at radius 1 is 0.905 bits per heavy atom. The zero-order valence-electron chi connectivity index (χ0n) is 11.5. The zero-order valence-corrected chi connectivity index (χ0v) is 11.5. The van der Waals surface area contributed by atoms with Crippen molar-refractivity contribution in [2.75, 3.05) is 17.7 Å². The summed E-state index contributed by atoms with van der Waals surface area (Å²) in [5.74, 6) is -5.21. The number of anilines is 3. The monoisotopic (exact) mass is 300 g/mol. The van der Waals surface area contributed by atoms with E-state index in [1.54, 1.807) is 20.9 Å². The van der Waals surface area contributed by atoms with E-state index >= 15 is 0 Å². The van der Waals surface area contributed by atoms with E-state index in [1.165, 1.54) is 0 Å². The molecule has 4 nitrogen and oxygen atoms in total. The molecule has 0 radical (unpaired) electrons. The molecule has 112 valence electrons. The summed E-state index contributed by atoms with van der Waals surface area (Å²) in [6, 6.07) is 0.146. The number of hydrogen-bond acceptors (Lipinski definition) is 4. The molecule has 0 bridgehead atoms. The molecule has 0 saturated heterocycles. The first-order chi connectivity index (χ1) is 9.85. The van der Waals surface area contributed by atoms with Gasteiger partial charge in [0.15, 0.2) is 23.3 Å². The highest BCUT2D eigenvalue weighted by molar-refractivity contribution is 5.65. The Bertz CT molecular complexity index is 677. The molecular formula is C13H12F4N4. The van der Waals surface area contributed by atoms with Gasteiger partial charge in [0.05, 0.1) is 0 Å². The van der Waals surface area contributed by atoms with Crippen molar-refractivity contribution in [1.82, 2.24) is 9.97 Å². The van der Waals surface area contributed by atoms with E-state index in [9.17, 15) is 17.6 Å². The minimum Gasteiger partial charge on any atom is -0.373 e. The number of nitrogens with one attached hydrogen (secondary N) is 2. The van der Waals surface area contributed by atoms with Crippen molar-refractivity contribution in [3.63, 3.8) is 0 Å². The highest BCUT2D eigenvalue weighted by Gasteiger charge is 2.21. The van der Waals surface area contributed by atoms with Gasteiger partial charge in [-0.15, -0.1) is 0 Å². The lowest BCUT2D eigenvalue weighted by Gasteiger charge is -2.14. The highest BCUT2D eigenvalue weighted by atomic mass is 19.2. The molecule has 2 rings (SSSR count). The standard InChI is InChI=1S/C13H12F4N4/c1-5-12(18-3)19-6(2)20-13(5)21-11-9(16)7(14)4-8(15)10(11)17/h4H,1-3H3,(H2,18,19,20,21). The Labute approximate surface area is 118 Å².